The van der Waals surface area contributed by atoms with Crippen molar-refractivity contribution in [3.05, 3.63) is 62.0 Å². The zero-order valence-electron chi connectivity index (χ0n) is 20.2. The van der Waals surface area contributed by atoms with Crippen LogP contribution in [0.25, 0.3) is 28.0 Å². The minimum Gasteiger partial charge on any atom is -0.443 e. The summed E-state index contributed by atoms with van der Waals surface area (Å²) in [6, 6.07) is 6.46. The summed E-state index contributed by atoms with van der Waals surface area (Å²) < 4.78 is 13.5. The molecule has 0 saturated heterocycles. The average molecular weight is 465 g/mol. The molecule has 2 heterocycles. The lowest BCUT2D eigenvalue weighted by molar-refractivity contribution is 0.0527. The Morgan fingerprint density at radius 1 is 0.824 bits per heavy atom. The van der Waals surface area contributed by atoms with E-state index in [9.17, 15) is 19.2 Å². The Morgan fingerprint density at radius 2 is 1.38 bits per heavy atom. The summed E-state index contributed by atoms with van der Waals surface area (Å²) in [5.41, 5.74) is -2.28. The topological polar surface area (TPSA) is 96.6 Å². The zero-order chi connectivity index (χ0) is 25.0. The lowest BCUT2D eigenvalue weighted by atomic mass is 9.99. The van der Waals surface area contributed by atoms with E-state index in [2.05, 4.69) is 0 Å². The quantitative estimate of drug-likeness (QED) is 0.442. The number of hydrogen-bond acceptors (Lipinski definition) is 6. The van der Waals surface area contributed by atoms with Crippen LogP contribution in [0.5, 0.6) is 0 Å². The van der Waals surface area contributed by atoms with Gasteiger partial charge in [0.1, 0.15) is 22.2 Å². The predicted octanol–water partition coefficient (Wildman–Crippen LogP) is 4.84. The molecular weight excluding hydrogens is 436 g/mol. The second-order valence-electron chi connectivity index (χ2n) is 10.3. The number of pyridine rings is 2. The maximum absolute atomic E-state index is 13.8. The highest BCUT2D eigenvalue weighted by Gasteiger charge is 2.31. The van der Waals surface area contributed by atoms with Crippen LogP contribution in [0.15, 0.2) is 39.9 Å². The number of rotatable bonds is 0. The molecule has 1 aliphatic rings. The first-order valence-corrected chi connectivity index (χ1v) is 11.2. The van der Waals surface area contributed by atoms with Crippen molar-refractivity contribution < 1.29 is 19.1 Å². The van der Waals surface area contributed by atoms with Gasteiger partial charge in [-0.05, 0) is 72.6 Å². The van der Waals surface area contributed by atoms with Gasteiger partial charge in [0.25, 0.3) is 0 Å². The highest BCUT2D eigenvalue weighted by Crippen LogP contribution is 2.26. The second-order valence-corrected chi connectivity index (χ2v) is 10.3. The molecule has 2 aromatic heterocycles. The Hall–Kier alpha value is -3.68. The molecule has 1 aromatic carbocycles. The fraction of sp³-hybridized carbons (Fsp3) is 0.385. The van der Waals surface area contributed by atoms with Crippen LogP contribution >= 0.6 is 0 Å². The van der Waals surface area contributed by atoms with Crippen molar-refractivity contribution in [3.8, 4) is 0 Å². The standard InChI is InChI=1S/C26H28N2O6/c1-25(2,3)33-23(31)27-17-13-9-7-11-15(17)22(30)20-19(27)21(29)16-12-8-10-14-18(16)28(20)24(32)34-26(4,5)6/h7,9-11,13-14H,8,12H2,1-6H3. The molecule has 0 unspecified atom stereocenters. The molecule has 0 fully saturated rings. The molecule has 0 saturated carbocycles. The van der Waals surface area contributed by atoms with Gasteiger partial charge >= 0.3 is 12.2 Å². The van der Waals surface area contributed by atoms with Gasteiger partial charge in [-0.15, -0.1) is 0 Å². The predicted molar refractivity (Wildman–Crippen MR) is 131 cm³/mol. The van der Waals surface area contributed by atoms with Crippen molar-refractivity contribution in [2.75, 3.05) is 0 Å². The third kappa shape index (κ3) is 4.04. The first-order chi connectivity index (χ1) is 15.8. The molecule has 8 nitrogen and oxygen atoms in total. The molecule has 3 aromatic rings. The van der Waals surface area contributed by atoms with Crippen LogP contribution in [0.1, 0.15) is 59.2 Å². The number of benzene rings is 1. The van der Waals surface area contributed by atoms with Crippen molar-refractivity contribution >= 4 is 40.2 Å². The zero-order valence-corrected chi connectivity index (χ0v) is 20.2. The Labute approximate surface area is 196 Å². The van der Waals surface area contributed by atoms with Gasteiger partial charge in [0.15, 0.2) is 0 Å². The molecule has 0 amide bonds. The summed E-state index contributed by atoms with van der Waals surface area (Å²) >= 11 is 0. The fourth-order valence-electron chi connectivity index (χ4n) is 4.09. The van der Waals surface area contributed by atoms with Crippen molar-refractivity contribution in [1.29, 1.82) is 0 Å². The van der Waals surface area contributed by atoms with Crippen LogP contribution in [-0.4, -0.2) is 32.5 Å². The Kier molecular flexibility index (Phi) is 5.50. The third-order valence-corrected chi connectivity index (χ3v) is 5.30. The van der Waals surface area contributed by atoms with Crippen molar-refractivity contribution in [2.24, 2.45) is 0 Å². The molecule has 178 valence electrons. The molecule has 0 radical (unpaired) electrons. The molecule has 0 spiro atoms. The van der Waals surface area contributed by atoms with E-state index in [1.165, 1.54) is 0 Å². The van der Waals surface area contributed by atoms with E-state index >= 15 is 0 Å². The highest BCUT2D eigenvalue weighted by molar-refractivity contribution is 6.02. The smallest absolute Gasteiger partial charge is 0.419 e. The summed E-state index contributed by atoms with van der Waals surface area (Å²) in [5, 5.41) is 0.178. The van der Waals surface area contributed by atoms with Gasteiger partial charge in [-0.1, -0.05) is 18.2 Å². The molecule has 0 bridgehead atoms. The summed E-state index contributed by atoms with van der Waals surface area (Å²) in [6.07, 6.45) is 2.82. The summed E-state index contributed by atoms with van der Waals surface area (Å²) in [5.74, 6) is 0. The van der Waals surface area contributed by atoms with Gasteiger partial charge in [0, 0.05) is 10.9 Å². The number of fused-ring (bicyclic) bond motifs is 3. The van der Waals surface area contributed by atoms with Gasteiger partial charge in [-0.3, -0.25) is 9.59 Å². The maximum atomic E-state index is 13.8. The summed E-state index contributed by atoms with van der Waals surface area (Å²) in [7, 11) is 0. The number of carbonyl (C=O) groups excluding carboxylic acids is 2. The third-order valence-electron chi connectivity index (χ3n) is 5.30. The van der Waals surface area contributed by atoms with E-state index in [0.29, 0.717) is 24.1 Å². The maximum Gasteiger partial charge on any atom is 0.419 e. The molecule has 8 heteroatoms. The number of hydrogen-bond donors (Lipinski definition) is 0. The van der Waals surface area contributed by atoms with E-state index in [0.717, 1.165) is 9.13 Å². The van der Waals surface area contributed by atoms with Crippen molar-refractivity contribution in [3.63, 3.8) is 0 Å². The monoisotopic (exact) mass is 464 g/mol. The molecule has 34 heavy (non-hydrogen) atoms. The largest absolute Gasteiger partial charge is 0.443 e. The second kappa shape index (κ2) is 7.97. The molecular formula is C26H28N2O6. The summed E-state index contributed by atoms with van der Waals surface area (Å²) in [6.45, 7) is 10.3. The first-order valence-electron chi connectivity index (χ1n) is 11.2. The molecule has 0 aliphatic heterocycles. The van der Waals surface area contributed by atoms with Crippen LogP contribution in [0.2, 0.25) is 0 Å². The number of aromatic nitrogens is 2. The SMILES string of the molecule is CC(C)(C)OC(=O)n1c2c(c(=O)c3c1c(=O)c1ccccc1n3C(=O)OC(C)(C)C)CCC=C2. The first kappa shape index (κ1) is 23.5. The van der Waals surface area contributed by atoms with Gasteiger partial charge < -0.3 is 9.47 Å². The minimum absolute atomic E-state index is 0.178. The normalized spacial score (nSPS) is 13.7. The summed E-state index contributed by atoms with van der Waals surface area (Å²) in [4.78, 5) is 54.3. The van der Waals surface area contributed by atoms with Crippen molar-refractivity contribution in [2.45, 2.75) is 65.6 Å². The molecule has 1 aliphatic carbocycles. The molecule has 0 atom stereocenters. The van der Waals surface area contributed by atoms with Crippen LogP contribution < -0.4 is 10.9 Å². The Bertz CT molecular complexity index is 1490. The van der Waals surface area contributed by atoms with Crippen LogP contribution in [0.4, 0.5) is 9.59 Å². The Balaban J connectivity index is 2.26. The van der Waals surface area contributed by atoms with E-state index in [1.54, 1.807) is 71.9 Å². The number of allylic oxidation sites excluding steroid dienone is 1. The van der Waals surface area contributed by atoms with Crippen LogP contribution in [-0.2, 0) is 15.9 Å². The number of ether oxygens (including phenoxy) is 2. The van der Waals surface area contributed by atoms with E-state index < -0.39 is 34.2 Å². The van der Waals surface area contributed by atoms with Gasteiger partial charge in [0.05, 0.1) is 11.2 Å². The Morgan fingerprint density at radius 3 is 2.00 bits per heavy atom. The van der Waals surface area contributed by atoms with Gasteiger partial charge in [-0.25, -0.2) is 18.7 Å². The number of carbonyl (C=O) groups is 2. The lowest BCUT2D eigenvalue weighted by Gasteiger charge is -2.26. The average Bonchev–Trinajstić information content (AvgIpc) is 2.72. The number of para-hydroxylation sites is 1. The van der Waals surface area contributed by atoms with Gasteiger partial charge in [-0.2, -0.15) is 0 Å². The van der Waals surface area contributed by atoms with Crippen molar-refractivity contribution in [1.82, 2.24) is 9.13 Å². The fourth-order valence-corrected chi connectivity index (χ4v) is 4.09. The number of nitrogens with zero attached hydrogens (tertiary/aromatic N) is 2. The van der Waals surface area contributed by atoms with E-state index in [4.69, 9.17) is 9.47 Å². The lowest BCUT2D eigenvalue weighted by Crippen LogP contribution is -2.36. The van der Waals surface area contributed by atoms with Gasteiger partial charge in [0.2, 0.25) is 10.9 Å². The van der Waals surface area contributed by atoms with Crippen LogP contribution in [0, 0.1) is 0 Å². The highest BCUT2D eigenvalue weighted by atomic mass is 16.6. The van der Waals surface area contributed by atoms with E-state index in [-0.39, 0.29) is 21.9 Å². The molecule has 0 N–H and O–H groups in total. The molecule has 4 rings (SSSR count). The van der Waals surface area contributed by atoms with Crippen LogP contribution in [0.3, 0.4) is 0 Å². The minimum atomic E-state index is -0.852. The van der Waals surface area contributed by atoms with E-state index in [1.807, 2.05) is 6.08 Å².